The standard InChI is InChI=1S/C12H11NO4/c1-2-17-11(14)7-3-6-10-9(12(15)16)5-4-8-13-10/h4-5,8H,2,7H2,1H3,(H,15,16). The molecule has 5 heteroatoms. The van der Waals surface area contributed by atoms with Crippen LogP contribution in [-0.2, 0) is 9.53 Å². The molecule has 1 heterocycles. The summed E-state index contributed by atoms with van der Waals surface area (Å²) < 4.78 is 4.68. The van der Waals surface area contributed by atoms with Crippen LogP contribution in [0.4, 0.5) is 0 Å². The normalized spacial score (nSPS) is 9.00. The van der Waals surface area contributed by atoms with Gasteiger partial charge >= 0.3 is 11.9 Å². The number of hydrogen-bond donors (Lipinski definition) is 1. The summed E-state index contributed by atoms with van der Waals surface area (Å²) in [6, 6.07) is 2.92. The molecule has 0 aliphatic heterocycles. The summed E-state index contributed by atoms with van der Waals surface area (Å²) in [6.45, 7) is 2.00. The van der Waals surface area contributed by atoms with E-state index in [2.05, 4.69) is 21.6 Å². The molecule has 0 aromatic carbocycles. The number of nitrogens with zero attached hydrogens (tertiary/aromatic N) is 1. The van der Waals surface area contributed by atoms with E-state index in [1.54, 1.807) is 6.92 Å². The van der Waals surface area contributed by atoms with E-state index in [0.29, 0.717) is 6.61 Å². The van der Waals surface area contributed by atoms with Crippen LogP contribution < -0.4 is 0 Å². The molecule has 1 aromatic heterocycles. The first kappa shape index (κ1) is 12.7. The summed E-state index contributed by atoms with van der Waals surface area (Å²) >= 11 is 0. The third-order valence-corrected chi connectivity index (χ3v) is 1.78. The molecule has 1 aromatic rings. The Hall–Kier alpha value is -2.35. The zero-order valence-electron chi connectivity index (χ0n) is 9.27. The van der Waals surface area contributed by atoms with Gasteiger partial charge in [-0.2, -0.15) is 0 Å². The fourth-order valence-electron chi connectivity index (χ4n) is 1.09. The van der Waals surface area contributed by atoms with Gasteiger partial charge in [0.25, 0.3) is 0 Å². The van der Waals surface area contributed by atoms with Crippen LogP contribution in [0.2, 0.25) is 0 Å². The molecule has 1 rings (SSSR count). The van der Waals surface area contributed by atoms with E-state index < -0.39 is 11.9 Å². The Bertz CT molecular complexity index is 485. The van der Waals surface area contributed by atoms with E-state index in [4.69, 9.17) is 5.11 Å². The molecule has 5 nitrogen and oxygen atoms in total. The Labute approximate surface area is 98.4 Å². The lowest BCUT2D eigenvalue weighted by atomic mass is 10.2. The lowest BCUT2D eigenvalue weighted by Gasteiger charge is -1.96. The molecular weight excluding hydrogens is 222 g/mol. The highest BCUT2D eigenvalue weighted by Gasteiger charge is 2.07. The predicted octanol–water partition coefficient (Wildman–Crippen LogP) is 1.08. The molecule has 0 unspecified atom stereocenters. The Balaban J connectivity index is 2.78. The van der Waals surface area contributed by atoms with Crippen molar-refractivity contribution < 1.29 is 19.4 Å². The highest BCUT2D eigenvalue weighted by atomic mass is 16.5. The molecule has 88 valence electrons. The van der Waals surface area contributed by atoms with Crippen molar-refractivity contribution in [2.75, 3.05) is 6.61 Å². The highest BCUT2D eigenvalue weighted by Crippen LogP contribution is 2.03. The van der Waals surface area contributed by atoms with Gasteiger partial charge in [0.2, 0.25) is 0 Å². The largest absolute Gasteiger partial charge is 0.478 e. The molecule has 17 heavy (non-hydrogen) atoms. The molecule has 0 aliphatic rings. The minimum Gasteiger partial charge on any atom is -0.478 e. The Morgan fingerprint density at radius 1 is 1.53 bits per heavy atom. The van der Waals surface area contributed by atoms with Gasteiger partial charge in [-0.25, -0.2) is 9.78 Å². The van der Waals surface area contributed by atoms with Crippen LogP contribution in [0.3, 0.4) is 0 Å². The summed E-state index contributed by atoms with van der Waals surface area (Å²) in [5.74, 6) is 3.54. The van der Waals surface area contributed by atoms with Crippen molar-refractivity contribution in [3.05, 3.63) is 29.6 Å². The minimum atomic E-state index is -1.10. The lowest BCUT2D eigenvalue weighted by molar-refractivity contribution is -0.141. The van der Waals surface area contributed by atoms with E-state index in [1.165, 1.54) is 18.3 Å². The lowest BCUT2D eigenvalue weighted by Crippen LogP contribution is -2.03. The summed E-state index contributed by atoms with van der Waals surface area (Å²) in [6.07, 6.45) is 1.37. The number of hydrogen-bond acceptors (Lipinski definition) is 4. The van der Waals surface area contributed by atoms with Crippen LogP contribution in [-0.4, -0.2) is 28.6 Å². The fraction of sp³-hybridized carbons (Fsp3) is 0.250. The Kier molecular flexibility index (Phi) is 4.70. The maximum absolute atomic E-state index is 11.0. The number of carbonyl (C=O) groups is 2. The van der Waals surface area contributed by atoms with Gasteiger partial charge in [0.1, 0.15) is 12.1 Å². The number of rotatable bonds is 3. The van der Waals surface area contributed by atoms with Crippen molar-refractivity contribution in [3.8, 4) is 11.8 Å². The number of aromatic nitrogens is 1. The molecule has 0 spiro atoms. The Morgan fingerprint density at radius 3 is 2.94 bits per heavy atom. The quantitative estimate of drug-likeness (QED) is 0.624. The number of ether oxygens (including phenoxy) is 1. The van der Waals surface area contributed by atoms with Crippen molar-refractivity contribution in [3.63, 3.8) is 0 Å². The number of carboxylic acids is 1. The van der Waals surface area contributed by atoms with Crippen LogP contribution >= 0.6 is 0 Å². The average molecular weight is 233 g/mol. The van der Waals surface area contributed by atoms with Gasteiger partial charge in [-0.05, 0) is 25.0 Å². The first-order valence-corrected chi connectivity index (χ1v) is 4.98. The fourth-order valence-corrected chi connectivity index (χ4v) is 1.09. The summed E-state index contributed by atoms with van der Waals surface area (Å²) in [7, 11) is 0. The van der Waals surface area contributed by atoms with E-state index >= 15 is 0 Å². The molecule has 1 N–H and O–H groups in total. The Morgan fingerprint density at radius 2 is 2.29 bits per heavy atom. The molecule has 0 aliphatic carbocycles. The van der Waals surface area contributed by atoms with Crippen molar-refractivity contribution in [1.82, 2.24) is 4.98 Å². The second-order valence-corrected chi connectivity index (χ2v) is 2.99. The topological polar surface area (TPSA) is 76.5 Å². The second kappa shape index (κ2) is 6.28. The van der Waals surface area contributed by atoms with Gasteiger partial charge in [-0.15, -0.1) is 0 Å². The molecule has 0 saturated carbocycles. The average Bonchev–Trinajstić information content (AvgIpc) is 2.30. The molecular formula is C12H11NO4. The predicted molar refractivity (Wildman–Crippen MR) is 59.3 cm³/mol. The zero-order chi connectivity index (χ0) is 12.7. The van der Waals surface area contributed by atoms with Crippen molar-refractivity contribution in [2.24, 2.45) is 0 Å². The summed E-state index contributed by atoms with van der Waals surface area (Å²) in [4.78, 5) is 25.6. The van der Waals surface area contributed by atoms with E-state index in [0.717, 1.165) is 0 Å². The highest BCUT2D eigenvalue weighted by molar-refractivity contribution is 5.90. The molecule has 0 atom stereocenters. The van der Waals surface area contributed by atoms with Gasteiger partial charge in [0, 0.05) is 6.20 Å². The van der Waals surface area contributed by atoms with E-state index in [9.17, 15) is 9.59 Å². The van der Waals surface area contributed by atoms with Crippen molar-refractivity contribution in [2.45, 2.75) is 13.3 Å². The summed E-state index contributed by atoms with van der Waals surface area (Å²) in [5, 5.41) is 8.86. The molecule has 0 bridgehead atoms. The maximum Gasteiger partial charge on any atom is 0.338 e. The monoisotopic (exact) mass is 233 g/mol. The zero-order valence-corrected chi connectivity index (χ0v) is 9.27. The molecule has 0 fully saturated rings. The van der Waals surface area contributed by atoms with Gasteiger partial charge in [0.15, 0.2) is 0 Å². The number of pyridine rings is 1. The third-order valence-electron chi connectivity index (χ3n) is 1.78. The second-order valence-electron chi connectivity index (χ2n) is 2.99. The van der Waals surface area contributed by atoms with E-state index in [1.807, 2.05) is 0 Å². The molecule has 0 amide bonds. The van der Waals surface area contributed by atoms with Crippen molar-refractivity contribution >= 4 is 11.9 Å². The van der Waals surface area contributed by atoms with Crippen LogP contribution in [0, 0.1) is 11.8 Å². The van der Waals surface area contributed by atoms with Gasteiger partial charge < -0.3 is 9.84 Å². The van der Waals surface area contributed by atoms with Crippen LogP contribution in [0.5, 0.6) is 0 Å². The van der Waals surface area contributed by atoms with E-state index in [-0.39, 0.29) is 17.7 Å². The molecule has 0 radical (unpaired) electrons. The van der Waals surface area contributed by atoms with Gasteiger partial charge in [0.05, 0.1) is 12.2 Å². The van der Waals surface area contributed by atoms with Crippen LogP contribution in [0.25, 0.3) is 0 Å². The molecule has 0 saturated heterocycles. The maximum atomic E-state index is 11.0. The number of aromatic carboxylic acids is 1. The number of carboxylic acid groups (broad SMARTS) is 1. The van der Waals surface area contributed by atoms with Crippen LogP contribution in [0.15, 0.2) is 18.3 Å². The smallest absolute Gasteiger partial charge is 0.338 e. The van der Waals surface area contributed by atoms with Crippen LogP contribution in [0.1, 0.15) is 29.4 Å². The first-order chi connectivity index (χ1) is 8.15. The SMILES string of the molecule is CCOC(=O)CC#Cc1ncccc1C(=O)O. The third kappa shape index (κ3) is 3.95. The summed E-state index contributed by atoms with van der Waals surface area (Å²) in [5.41, 5.74) is 0.160. The first-order valence-electron chi connectivity index (χ1n) is 4.98. The van der Waals surface area contributed by atoms with Gasteiger partial charge in [-0.1, -0.05) is 5.92 Å². The van der Waals surface area contributed by atoms with Crippen molar-refractivity contribution in [1.29, 1.82) is 0 Å². The minimum absolute atomic E-state index is 0.0175. The number of esters is 1. The number of carbonyl (C=O) groups excluding carboxylic acids is 1. The van der Waals surface area contributed by atoms with Gasteiger partial charge in [-0.3, -0.25) is 4.79 Å².